The molecule has 68 valence electrons. The minimum atomic E-state index is 0.934. The Balaban J connectivity index is 2.89. The van der Waals surface area contributed by atoms with Crippen LogP contribution in [0.1, 0.15) is 46.5 Å². The van der Waals surface area contributed by atoms with Crippen LogP contribution in [0.3, 0.4) is 0 Å². The third kappa shape index (κ3) is 8.25. The molecule has 0 aliphatic rings. The zero-order valence-corrected chi connectivity index (χ0v) is 9.04. The number of hydrogen-bond acceptors (Lipinski definition) is 1. The summed E-state index contributed by atoms with van der Waals surface area (Å²) in [6.07, 6.45) is 5.49. The van der Waals surface area contributed by atoms with E-state index in [0.29, 0.717) is 0 Å². The summed E-state index contributed by atoms with van der Waals surface area (Å²) in [4.78, 5) is 0. The molecular formula is C10H22S. The molecule has 1 heteroatoms. The Bertz CT molecular complexity index is 71.3. The van der Waals surface area contributed by atoms with Gasteiger partial charge in [-0.1, -0.05) is 33.6 Å². The number of unbranched alkanes of at least 4 members (excludes halogenated alkanes) is 1. The van der Waals surface area contributed by atoms with E-state index in [1.54, 1.807) is 0 Å². The van der Waals surface area contributed by atoms with Gasteiger partial charge >= 0.3 is 0 Å². The first kappa shape index (κ1) is 11.4. The maximum absolute atomic E-state index is 2.35. The van der Waals surface area contributed by atoms with Crippen molar-refractivity contribution in [3.63, 3.8) is 0 Å². The lowest BCUT2D eigenvalue weighted by Gasteiger charge is -2.06. The summed E-state index contributed by atoms with van der Waals surface area (Å²) in [7, 11) is 0. The first-order chi connectivity index (χ1) is 5.31. The van der Waals surface area contributed by atoms with Gasteiger partial charge in [0, 0.05) is 0 Å². The average Bonchev–Trinajstić information content (AvgIpc) is 2.04. The molecule has 0 aliphatic carbocycles. The highest BCUT2D eigenvalue weighted by Crippen LogP contribution is 2.13. The van der Waals surface area contributed by atoms with Crippen LogP contribution in [0.15, 0.2) is 0 Å². The number of hydrogen-bond donors (Lipinski definition) is 0. The molecule has 0 aromatic rings. The molecule has 0 aromatic heterocycles. The topological polar surface area (TPSA) is 0 Å². The smallest absolute Gasteiger partial charge is 0.00650 e. The highest BCUT2D eigenvalue weighted by Gasteiger charge is 1.97. The SMILES string of the molecule is CCCCSCCC(C)CC. The second-order valence-electron chi connectivity index (χ2n) is 3.27. The van der Waals surface area contributed by atoms with Crippen molar-refractivity contribution in [1.82, 2.24) is 0 Å². The summed E-state index contributed by atoms with van der Waals surface area (Å²) in [6, 6.07) is 0. The molecule has 0 fully saturated rings. The van der Waals surface area contributed by atoms with Gasteiger partial charge in [-0.3, -0.25) is 0 Å². The molecule has 0 bridgehead atoms. The molecule has 0 radical (unpaired) electrons. The molecule has 0 N–H and O–H groups in total. The van der Waals surface area contributed by atoms with E-state index < -0.39 is 0 Å². The minimum absolute atomic E-state index is 0.934. The maximum atomic E-state index is 2.35. The predicted octanol–water partition coefficient (Wildman–Crippen LogP) is 3.96. The molecule has 0 aliphatic heterocycles. The summed E-state index contributed by atoms with van der Waals surface area (Å²) < 4.78 is 0. The van der Waals surface area contributed by atoms with E-state index in [1.807, 2.05) is 0 Å². The molecule has 0 heterocycles. The maximum Gasteiger partial charge on any atom is -0.00650 e. The molecule has 11 heavy (non-hydrogen) atoms. The van der Waals surface area contributed by atoms with Gasteiger partial charge in [0.05, 0.1) is 0 Å². The van der Waals surface area contributed by atoms with Crippen LogP contribution >= 0.6 is 11.8 Å². The fourth-order valence-electron chi connectivity index (χ4n) is 0.837. The monoisotopic (exact) mass is 174 g/mol. The van der Waals surface area contributed by atoms with Gasteiger partial charge in [-0.2, -0.15) is 11.8 Å². The van der Waals surface area contributed by atoms with Gasteiger partial charge in [0.25, 0.3) is 0 Å². The Kier molecular flexibility index (Phi) is 8.72. The van der Waals surface area contributed by atoms with Crippen LogP contribution in [0.4, 0.5) is 0 Å². The van der Waals surface area contributed by atoms with Gasteiger partial charge in [-0.15, -0.1) is 0 Å². The van der Waals surface area contributed by atoms with Gasteiger partial charge in [0.15, 0.2) is 0 Å². The van der Waals surface area contributed by atoms with Gasteiger partial charge < -0.3 is 0 Å². The third-order valence-electron chi connectivity index (χ3n) is 2.09. The second-order valence-corrected chi connectivity index (χ2v) is 4.49. The van der Waals surface area contributed by atoms with Crippen LogP contribution < -0.4 is 0 Å². The average molecular weight is 174 g/mol. The van der Waals surface area contributed by atoms with E-state index in [4.69, 9.17) is 0 Å². The van der Waals surface area contributed by atoms with Crippen molar-refractivity contribution in [2.24, 2.45) is 5.92 Å². The van der Waals surface area contributed by atoms with Gasteiger partial charge in [0.1, 0.15) is 0 Å². The second kappa shape index (κ2) is 8.45. The Morgan fingerprint density at radius 2 is 1.91 bits per heavy atom. The van der Waals surface area contributed by atoms with E-state index in [-0.39, 0.29) is 0 Å². The predicted molar refractivity (Wildman–Crippen MR) is 56.3 cm³/mol. The van der Waals surface area contributed by atoms with Crippen molar-refractivity contribution in [2.75, 3.05) is 11.5 Å². The zero-order chi connectivity index (χ0) is 8.53. The Morgan fingerprint density at radius 1 is 1.18 bits per heavy atom. The molecule has 0 nitrogen and oxygen atoms in total. The van der Waals surface area contributed by atoms with Crippen molar-refractivity contribution in [3.8, 4) is 0 Å². The van der Waals surface area contributed by atoms with Crippen LogP contribution in [0.5, 0.6) is 0 Å². The normalized spacial score (nSPS) is 13.4. The summed E-state index contributed by atoms with van der Waals surface area (Å²) in [5.41, 5.74) is 0. The van der Waals surface area contributed by atoms with Crippen molar-refractivity contribution in [2.45, 2.75) is 46.5 Å². The highest BCUT2D eigenvalue weighted by atomic mass is 32.2. The highest BCUT2D eigenvalue weighted by molar-refractivity contribution is 7.99. The standard InChI is InChI=1S/C10H22S/c1-4-6-8-11-9-7-10(3)5-2/h10H,4-9H2,1-3H3. The molecule has 0 rings (SSSR count). The molecule has 0 aromatic carbocycles. The van der Waals surface area contributed by atoms with Gasteiger partial charge in [-0.25, -0.2) is 0 Å². The van der Waals surface area contributed by atoms with Crippen LogP contribution in [0.25, 0.3) is 0 Å². The van der Waals surface area contributed by atoms with Crippen LogP contribution in [-0.2, 0) is 0 Å². The lowest BCUT2D eigenvalue weighted by atomic mass is 10.1. The van der Waals surface area contributed by atoms with Gasteiger partial charge in [0.2, 0.25) is 0 Å². The number of rotatable bonds is 7. The summed E-state index contributed by atoms with van der Waals surface area (Å²) in [5, 5.41) is 0. The fourth-order valence-corrected chi connectivity index (χ4v) is 2.10. The van der Waals surface area contributed by atoms with E-state index in [9.17, 15) is 0 Å². The van der Waals surface area contributed by atoms with E-state index >= 15 is 0 Å². The molecule has 0 amide bonds. The van der Waals surface area contributed by atoms with Crippen molar-refractivity contribution >= 4 is 11.8 Å². The molecular weight excluding hydrogens is 152 g/mol. The van der Waals surface area contributed by atoms with Crippen molar-refractivity contribution in [1.29, 1.82) is 0 Å². The van der Waals surface area contributed by atoms with Crippen molar-refractivity contribution in [3.05, 3.63) is 0 Å². The van der Waals surface area contributed by atoms with Gasteiger partial charge in [-0.05, 0) is 30.3 Å². The fraction of sp³-hybridized carbons (Fsp3) is 1.00. The van der Waals surface area contributed by atoms with Crippen LogP contribution in [-0.4, -0.2) is 11.5 Å². The minimum Gasteiger partial charge on any atom is -0.162 e. The molecule has 0 spiro atoms. The van der Waals surface area contributed by atoms with E-state index in [2.05, 4.69) is 32.5 Å². The molecule has 1 unspecified atom stereocenters. The van der Waals surface area contributed by atoms with E-state index in [0.717, 1.165) is 5.92 Å². The summed E-state index contributed by atoms with van der Waals surface area (Å²) in [6.45, 7) is 6.89. The molecule has 1 atom stereocenters. The first-order valence-electron chi connectivity index (χ1n) is 4.89. The zero-order valence-electron chi connectivity index (χ0n) is 8.23. The van der Waals surface area contributed by atoms with Crippen molar-refractivity contribution < 1.29 is 0 Å². The molecule has 0 saturated carbocycles. The summed E-state index contributed by atoms with van der Waals surface area (Å²) in [5.74, 6) is 3.67. The lowest BCUT2D eigenvalue weighted by molar-refractivity contribution is 0.548. The van der Waals surface area contributed by atoms with E-state index in [1.165, 1.54) is 37.2 Å². The Labute approximate surface area is 76.1 Å². The van der Waals surface area contributed by atoms with Crippen LogP contribution in [0, 0.1) is 5.92 Å². The Morgan fingerprint density at radius 3 is 2.45 bits per heavy atom. The third-order valence-corrected chi connectivity index (χ3v) is 3.20. The summed E-state index contributed by atoms with van der Waals surface area (Å²) >= 11 is 2.12. The van der Waals surface area contributed by atoms with Crippen LogP contribution in [0.2, 0.25) is 0 Å². The largest absolute Gasteiger partial charge is 0.162 e. The molecule has 0 saturated heterocycles. The number of thioether (sulfide) groups is 1. The Hall–Kier alpha value is 0.350. The lowest BCUT2D eigenvalue weighted by Crippen LogP contribution is -1.94. The first-order valence-corrected chi connectivity index (χ1v) is 6.04. The quantitative estimate of drug-likeness (QED) is 0.527.